The largest absolute Gasteiger partial charge is 0.469 e. The van der Waals surface area contributed by atoms with Crippen LogP contribution in [-0.4, -0.2) is 67.2 Å². The molecule has 1 heterocycles. The number of pyridine rings is 1. The van der Waals surface area contributed by atoms with Gasteiger partial charge in [-0.15, -0.1) is 0 Å². The lowest BCUT2D eigenvalue weighted by Gasteiger charge is -2.20. The highest BCUT2D eigenvalue weighted by molar-refractivity contribution is 5.69. The number of nitrogens with zero attached hydrogens (tertiary/aromatic N) is 1. The van der Waals surface area contributed by atoms with Crippen molar-refractivity contribution >= 4 is 35.8 Å². The molecule has 13 heteroatoms. The second kappa shape index (κ2) is 33.1. The quantitative estimate of drug-likeness (QED) is 0.184. The molecule has 1 aromatic carbocycles. The standard InChI is InChI=1S/C8H14O2.C8H8O2.C7H7NO2.C6H12O2.C4H8O2.C3H6O2/c2*1-7(9)10-8-5-3-2-4-6-8;1-6(9)10-7-4-2-3-5-8-7;1-5(2)4-8-6(3)7;1-3-6-4(2)5;1-3(4)5-2/h8H,2-6H2,1H3;2-6H,1H3;2-5H,1H3;5H,4H2,1-3H3;3H2,1-2H3;1-2H3. The molecular weight excluding hydrogens is 638 g/mol. The van der Waals surface area contributed by atoms with E-state index < -0.39 is 0 Å². The van der Waals surface area contributed by atoms with E-state index in [0.29, 0.717) is 30.8 Å². The normalized spacial score (nSPS) is 11.0. The molecule has 276 valence electrons. The van der Waals surface area contributed by atoms with Crippen molar-refractivity contribution in [1.29, 1.82) is 0 Å². The van der Waals surface area contributed by atoms with Crippen molar-refractivity contribution < 1.29 is 57.2 Å². The van der Waals surface area contributed by atoms with Crippen LogP contribution in [0, 0.1) is 5.92 Å². The molecule has 0 N–H and O–H groups in total. The average Bonchev–Trinajstić information content (AvgIpc) is 3.02. The van der Waals surface area contributed by atoms with Crippen LogP contribution in [-0.2, 0) is 47.7 Å². The Kier molecular flexibility index (Phi) is 32.8. The smallest absolute Gasteiger partial charge is 0.309 e. The number of carbonyl (C=O) groups excluding carboxylic acids is 6. The number of hydrogen-bond donors (Lipinski definition) is 0. The monoisotopic (exact) mass is 693 g/mol. The van der Waals surface area contributed by atoms with Crippen molar-refractivity contribution in [2.24, 2.45) is 5.92 Å². The molecule has 0 unspecified atom stereocenters. The van der Waals surface area contributed by atoms with Crippen LogP contribution in [0.15, 0.2) is 54.7 Å². The van der Waals surface area contributed by atoms with Gasteiger partial charge in [-0.05, 0) is 56.7 Å². The van der Waals surface area contributed by atoms with Gasteiger partial charge in [-0.25, -0.2) is 4.98 Å². The summed E-state index contributed by atoms with van der Waals surface area (Å²) in [7, 11) is 1.35. The number of benzene rings is 1. The van der Waals surface area contributed by atoms with E-state index in [0.717, 1.165) is 12.8 Å². The third kappa shape index (κ3) is 43.2. The Balaban J connectivity index is -0.000000528. The van der Waals surface area contributed by atoms with Crippen LogP contribution in [0.1, 0.15) is 94.4 Å². The average molecular weight is 694 g/mol. The fourth-order valence-corrected chi connectivity index (χ4v) is 3.11. The molecule has 49 heavy (non-hydrogen) atoms. The SMILES string of the molecule is CC(=O)OC1CCCCC1.CC(=O)OCC(C)C.CC(=O)Oc1ccccc1.CC(=O)Oc1ccccn1.CCOC(C)=O.COC(C)=O. The molecule has 13 nitrogen and oxygen atoms in total. The summed E-state index contributed by atoms with van der Waals surface area (Å²) < 4.78 is 27.7. The molecule has 0 saturated heterocycles. The van der Waals surface area contributed by atoms with Gasteiger partial charge in [-0.3, -0.25) is 28.8 Å². The molecule has 0 amide bonds. The molecular formula is C36H55NO12. The van der Waals surface area contributed by atoms with Crippen molar-refractivity contribution in [2.45, 2.75) is 101 Å². The van der Waals surface area contributed by atoms with Crippen LogP contribution in [0.4, 0.5) is 0 Å². The van der Waals surface area contributed by atoms with E-state index in [-0.39, 0.29) is 41.9 Å². The molecule has 0 bridgehead atoms. The van der Waals surface area contributed by atoms with E-state index in [1.807, 2.05) is 32.0 Å². The Hall–Kier alpha value is -4.81. The fourth-order valence-electron chi connectivity index (χ4n) is 3.11. The summed E-state index contributed by atoms with van der Waals surface area (Å²) in [6.07, 6.45) is 7.68. The van der Waals surface area contributed by atoms with E-state index in [9.17, 15) is 28.8 Å². The number of methoxy groups -OCH3 is 1. The summed E-state index contributed by atoms with van der Waals surface area (Å²) in [6.45, 7) is 15.2. The van der Waals surface area contributed by atoms with Crippen molar-refractivity contribution in [3.05, 3.63) is 54.7 Å². The number of hydrogen-bond acceptors (Lipinski definition) is 13. The maximum Gasteiger partial charge on any atom is 0.309 e. The number of aromatic nitrogens is 1. The van der Waals surface area contributed by atoms with E-state index >= 15 is 0 Å². The van der Waals surface area contributed by atoms with Gasteiger partial charge < -0.3 is 28.4 Å². The number of esters is 6. The van der Waals surface area contributed by atoms with Crippen LogP contribution in [0.3, 0.4) is 0 Å². The van der Waals surface area contributed by atoms with E-state index in [1.54, 1.807) is 43.5 Å². The maximum absolute atomic E-state index is 10.5. The maximum atomic E-state index is 10.5. The van der Waals surface area contributed by atoms with Crippen molar-refractivity contribution in [3.8, 4) is 11.6 Å². The summed E-state index contributed by atoms with van der Waals surface area (Å²) in [6, 6.07) is 14.1. The second-order valence-corrected chi connectivity index (χ2v) is 10.4. The predicted molar refractivity (Wildman–Crippen MR) is 183 cm³/mol. The Morgan fingerprint density at radius 2 is 1.18 bits per heavy atom. The van der Waals surface area contributed by atoms with Crippen LogP contribution >= 0.6 is 0 Å². The van der Waals surface area contributed by atoms with Gasteiger partial charge in [0.05, 0.1) is 20.3 Å². The third-order valence-corrected chi connectivity index (χ3v) is 5.03. The molecule has 1 fully saturated rings. The van der Waals surface area contributed by atoms with E-state index in [2.05, 4.69) is 23.9 Å². The van der Waals surface area contributed by atoms with Gasteiger partial charge in [-0.2, -0.15) is 0 Å². The van der Waals surface area contributed by atoms with Crippen molar-refractivity contribution in [2.75, 3.05) is 20.3 Å². The Bertz CT molecular complexity index is 1110. The summed E-state index contributed by atoms with van der Waals surface area (Å²) in [5, 5.41) is 0. The first kappa shape index (κ1) is 48.6. The Morgan fingerprint density at radius 1 is 0.673 bits per heavy atom. The number of rotatable bonds is 6. The Labute approximate surface area is 291 Å². The zero-order valence-electron chi connectivity index (χ0n) is 30.6. The topological polar surface area (TPSA) is 171 Å². The van der Waals surface area contributed by atoms with Gasteiger partial charge in [0.15, 0.2) is 0 Å². The molecule has 3 rings (SSSR count). The molecule has 1 aromatic heterocycles. The van der Waals surface area contributed by atoms with E-state index in [4.69, 9.17) is 9.47 Å². The highest BCUT2D eigenvalue weighted by Crippen LogP contribution is 2.20. The van der Waals surface area contributed by atoms with Crippen molar-refractivity contribution in [1.82, 2.24) is 4.98 Å². The Morgan fingerprint density at radius 3 is 1.51 bits per heavy atom. The van der Waals surface area contributed by atoms with Crippen LogP contribution < -0.4 is 9.47 Å². The first-order valence-corrected chi connectivity index (χ1v) is 15.8. The fraction of sp³-hybridized carbons (Fsp3) is 0.528. The number of ether oxygens (including phenoxy) is 6. The molecule has 0 spiro atoms. The summed E-state index contributed by atoms with van der Waals surface area (Å²) >= 11 is 0. The number of para-hydroxylation sites is 1. The molecule has 0 radical (unpaired) electrons. The van der Waals surface area contributed by atoms with Gasteiger partial charge in [0, 0.05) is 53.8 Å². The molecule has 0 atom stereocenters. The first-order valence-electron chi connectivity index (χ1n) is 15.8. The second-order valence-electron chi connectivity index (χ2n) is 10.4. The van der Waals surface area contributed by atoms with Crippen LogP contribution in [0.2, 0.25) is 0 Å². The minimum absolute atomic E-state index is 0.132. The minimum Gasteiger partial charge on any atom is -0.469 e. The van der Waals surface area contributed by atoms with Crippen molar-refractivity contribution in [3.63, 3.8) is 0 Å². The lowest BCUT2D eigenvalue weighted by Crippen LogP contribution is -2.18. The van der Waals surface area contributed by atoms with E-state index in [1.165, 1.54) is 67.9 Å². The van der Waals surface area contributed by atoms with Gasteiger partial charge in [0.1, 0.15) is 11.9 Å². The zero-order chi connectivity index (χ0) is 38.0. The zero-order valence-corrected chi connectivity index (χ0v) is 30.6. The first-order chi connectivity index (χ1) is 23.0. The van der Waals surface area contributed by atoms with Crippen LogP contribution in [0.5, 0.6) is 11.6 Å². The predicted octanol–water partition coefficient (Wildman–Crippen LogP) is 6.46. The molecule has 1 aliphatic carbocycles. The molecule has 1 saturated carbocycles. The molecule has 0 aliphatic heterocycles. The lowest BCUT2D eigenvalue weighted by molar-refractivity contribution is -0.148. The molecule has 1 aliphatic rings. The van der Waals surface area contributed by atoms with Gasteiger partial charge in [0.25, 0.3) is 0 Å². The summed E-state index contributed by atoms with van der Waals surface area (Å²) in [5.74, 6) is -0.0399. The minimum atomic E-state index is -0.348. The van der Waals surface area contributed by atoms with Gasteiger partial charge >= 0.3 is 35.8 Å². The van der Waals surface area contributed by atoms with Crippen LogP contribution in [0.25, 0.3) is 0 Å². The number of carbonyl (C=O) groups is 6. The summed E-state index contributed by atoms with van der Waals surface area (Å²) in [4.78, 5) is 64.5. The summed E-state index contributed by atoms with van der Waals surface area (Å²) in [5.41, 5.74) is 0. The third-order valence-electron chi connectivity index (χ3n) is 5.03. The highest BCUT2D eigenvalue weighted by Gasteiger charge is 2.15. The lowest BCUT2D eigenvalue weighted by atomic mass is 9.98. The van der Waals surface area contributed by atoms with Gasteiger partial charge in [-0.1, -0.05) is 44.5 Å². The van der Waals surface area contributed by atoms with Gasteiger partial charge in [0.2, 0.25) is 5.88 Å². The highest BCUT2D eigenvalue weighted by atomic mass is 16.6. The molecule has 2 aromatic rings.